The normalized spacial score (nSPS) is 13.1. The summed E-state index contributed by atoms with van der Waals surface area (Å²) in [7, 11) is 3.14. The van der Waals surface area contributed by atoms with Gasteiger partial charge in [0, 0.05) is 24.0 Å². The van der Waals surface area contributed by atoms with E-state index < -0.39 is 0 Å². The molecule has 1 saturated heterocycles. The van der Waals surface area contributed by atoms with Crippen molar-refractivity contribution in [1.82, 2.24) is 5.43 Å². The summed E-state index contributed by atoms with van der Waals surface area (Å²) in [6.07, 6.45) is 3.80. The van der Waals surface area contributed by atoms with Crippen LogP contribution in [0, 0.1) is 6.92 Å². The number of anilines is 3. The van der Waals surface area contributed by atoms with E-state index in [1.54, 1.807) is 19.2 Å². The number of carbonyl (C=O) groups is 2. The third-order valence-corrected chi connectivity index (χ3v) is 7.83. The average Bonchev–Trinajstić information content (AvgIpc) is 2.97. The molecule has 3 N–H and O–H groups in total. The molecule has 1 aliphatic heterocycles. The summed E-state index contributed by atoms with van der Waals surface area (Å²) in [6.45, 7) is 4.26. The number of rotatable bonds is 11. The second-order valence-corrected chi connectivity index (χ2v) is 10.7. The van der Waals surface area contributed by atoms with Gasteiger partial charge in [-0.05, 0) is 86.3 Å². The quantitative estimate of drug-likeness (QED) is 0.212. The number of ether oxygens (including phenoxy) is 2. The Kier molecular flexibility index (Phi) is 10.1. The number of hydrogen-bond acceptors (Lipinski definition) is 7. The van der Waals surface area contributed by atoms with Crippen molar-refractivity contribution < 1.29 is 19.1 Å². The van der Waals surface area contributed by atoms with Crippen molar-refractivity contribution in [2.45, 2.75) is 39.0 Å². The predicted octanol–water partition coefficient (Wildman–Crippen LogP) is 5.71. The maximum Gasteiger partial charge on any atom is 0.243 e. The summed E-state index contributed by atoms with van der Waals surface area (Å²) in [5, 5.41) is 1.87. The van der Waals surface area contributed by atoms with E-state index in [9.17, 15) is 9.59 Å². The van der Waals surface area contributed by atoms with E-state index in [-0.39, 0.29) is 31.1 Å². The number of hydrazine groups is 1. The van der Waals surface area contributed by atoms with E-state index in [1.165, 1.54) is 13.5 Å². The molecule has 0 aromatic heterocycles. The van der Waals surface area contributed by atoms with Crippen LogP contribution < -0.4 is 30.5 Å². The number of ketones is 1. The minimum atomic E-state index is -0.215. The predicted molar refractivity (Wildman–Crippen MR) is 163 cm³/mol. The third kappa shape index (κ3) is 6.77. The van der Waals surface area contributed by atoms with Gasteiger partial charge in [0.1, 0.15) is 11.5 Å². The largest absolute Gasteiger partial charge is 0.497 e. The van der Waals surface area contributed by atoms with Crippen molar-refractivity contribution in [2.24, 2.45) is 5.73 Å². The molecule has 212 valence electrons. The highest BCUT2D eigenvalue weighted by Crippen LogP contribution is 2.38. The minimum Gasteiger partial charge on any atom is -0.497 e. The third-order valence-electron chi connectivity index (χ3n) is 7.10. The van der Waals surface area contributed by atoms with Crippen LogP contribution in [0.3, 0.4) is 0 Å². The Morgan fingerprint density at radius 1 is 1.02 bits per heavy atom. The van der Waals surface area contributed by atoms with Crippen molar-refractivity contribution >= 4 is 44.7 Å². The van der Waals surface area contributed by atoms with E-state index >= 15 is 0 Å². The summed E-state index contributed by atoms with van der Waals surface area (Å²) in [5.41, 5.74) is 13.8. The second-order valence-electron chi connectivity index (χ2n) is 9.84. The fourth-order valence-corrected chi connectivity index (χ4v) is 5.51. The monoisotopic (exact) mass is 608 g/mol. The Morgan fingerprint density at radius 3 is 2.40 bits per heavy atom. The van der Waals surface area contributed by atoms with Gasteiger partial charge in [-0.15, -0.1) is 0 Å². The number of nitrogens with two attached hydrogens (primary N) is 1. The van der Waals surface area contributed by atoms with Gasteiger partial charge in [-0.25, -0.2) is 0 Å². The van der Waals surface area contributed by atoms with Crippen LogP contribution in [0.15, 0.2) is 59.1 Å². The van der Waals surface area contributed by atoms with Crippen LogP contribution in [0.4, 0.5) is 17.1 Å². The van der Waals surface area contributed by atoms with Crippen molar-refractivity contribution in [3.63, 3.8) is 0 Å². The fourth-order valence-electron chi connectivity index (χ4n) is 5.03. The highest BCUT2D eigenvalue weighted by molar-refractivity contribution is 9.10. The van der Waals surface area contributed by atoms with Gasteiger partial charge < -0.3 is 20.1 Å². The standard InChI is InChI=1S/C31H37BrN4O4/c1-21-8-7-9-27(35-16-5-4-6-17-35)31(21)36(23-10-12-24(39-2)13-11-23)34-30(38)19-22-18-29(40-3)25(20-26(22)32)28(37)14-15-33/h7-13,18,20H,4-6,14-17,19,33H2,1-3H3,(H,34,38). The van der Waals surface area contributed by atoms with Crippen molar-refractivity contribution in [1.29, 1.82) is 0 Å². The highest BCUT2D eigenvalue weighted by atomic mass is 79.9. The lowest BCUT2D eigenvalue weighted by molar-refractivity contribution is -0.120. The molecule has 8 nitrogen and oxygen atoms in total. The molecule has 0 unspecified atom stereocenters. The highest BCUT2D eigenvalue weighted by Gasteiger charge is 2.24. The summed E-state index contributed by atoms with van der Waals surface area (Å²) in [4.78, 5) is 28.6. The first kappa shape index (κ1) is 29.4. The molecule has 1 heterocycles. The molecule has 1 aliphatic rings. The lowest BCUT2D eigenvalue weighted by atomic mass is 10.0. The molecule has 9 heteroatoms. The molecule has 0 saturated carbocycles. The van der Waals surface area contributed by atoms with Gasteiger partial charge in [-0.1, -0.05) is 28.1 Å². The topological polar surface area (TPSA) is 97.1 Å². The Morgan fingerprint density at radius 2 is 1.75 bits per heavy atom. The van der Waals surface area contributed by atoms with Crippen LogP contribution in [0.25, 0.3) is 0 Å². The smallest absolute Gasteiger partial charge is 0.243 e. The molecule has 0 radical (unpaired) electrons. The van der Waals surface area contributed by atoms with E-state index in [0.717, 1.165) is 54.3 Å². The van der Waals surface area contributed by atoms with Gasteiger partial charge in [0.15, 0.2) is 5.78 Å². The lowest BCUT2D eigenvalue weighted by Crippen LogP contribution is -2.41. The number of hydrogen-bond donors (Lipinski definition) is 2. The molecule has 0 bridgehead atoms. The summed E-state index contributed by atoms with van der Waals surface area (Å²) >= 11 is 3.55. The van der Waals surface area contributed by atoms with Crippen molar-refractivity contribution in [2.75, 3.05) is 43.8 Å². The fraction of sp³-hybridized carbons (Fsp3) is 0.355. The van der Waals surface area contributed by atoms with Crippen LogP contribution in [0.2, 0.25) is 0 Å². The number of piperidine rings is 1. The molecular weight excluding hydrogens is 572 g/mol. The maximum atomic E-state index is 13.6. The Bertz CT molecular complexity index is 1340. The molecule has 4 rings (SSSR count). The van der Waals surface area contributed by atoms with Crippen molar-refractivity contribution in [3.05, 3.63) is 75.8 Å². The number of methoxy groups -OCH3 is 2. The zero-order valence-electron chi connectivity index (χ0n) is 23.3. The van der Waals surface area contributed by atoms with Crippen LogP contribution in [-0.4, -0.2) is 45.5 Å². The van der Waals surface area contributed by atoms with Gasteiger partial charge >= 0.3 is 0 Å². The van der Waals surface area contributed by atoms with Gasteiger partial charge in [0.2, 0.25) is 5.91 Å². The number of Topliss-reactive ketones (excluding diaryl/α,β-unsaturated/α-hetero) is 1. The number of nitrogens with zero attached hydrogens (tertiary/aromatic N) is 2. The Balaban J connectivity index is 1.69. The van der Waals surface area contributed by atoms with E-state index in [1.807, 2.05) is 29.3 Å². The van der Waals surface area contributed by atoms with Gasteiger partial charge in [-0.3, -0.25) is 20.0 Å². The first-order valence-corrected chi connectivity index (χ1v) is 14.3. The average molecular weight is 610 g/mol. The summed E-state index contributed by atoms with van der Waals surface area (Å²) in [5.74, 6) is 0.832. The van der Waals surface area contributed by atoms with E-state index in [4.69, 9.17) is 15.2 Å². The first-order chi connectivity index (χ1) is 19.4. The molecule has 3 aromatic carbocycles. The zero-order valence-corrected chi connectivity index (χ0v) is 24.9. The Labute approximate surface area is 244 Å². The SMILES string of the molecule is COc1ccc(N(NC(=O)Cc2cc(OC)c(C(=O)CCN)cc2Br)c2c(C)cccc2N2CCCCC2)cc1. The maximum absolute atomic E-state index is 13.6. The minimum absolute atomic E-state index is 0.0693. The lowest BCUT2D eigenvalue weighted by Gasteiger charge is -2.35. The molecule has 3 aromatic rings. The Hall–Kier alpha value is -3.56. The van der Waals surface area contributed by atoms with E-state index in [2.05, 4.69) is 51.4 Å². The number of carbonyl (C=O) groups excluding carboxylic acids is 2. The number of halogens is 1. The number of nitrogens with one attached hydrogen (secondary N) is 1. The number of para-hydroxylation sites is 1. The van der Waals surface area contributed by atoms with Crippen LogP contribution >= 0.6 is 15.9 Å². The second kappa shape index (κ2) is 13.7. The summed E-state index contributed by atoms with van der Waals surface area (Å²) < 4.78 is 11.5. The number of amides is 1. The summed E-state index contributed by atoms with van der Waals surface area (Å²) in [6, 6.07) is 17.3. The van der Waals surface area contributed by atoms with E-state index in [0.29, 0.717) is 21.3 Å². The molecular formula is C31H37BrN4O4. The molecule has 0 spiro atoms. The van der Waals surface area contributed by atoms with Gasteiger partial charge in [0.05, 0.1) is 43.3 Å². The van der Waals surface area contributed by atoms with Crippen LogP contribution in [-0.2, 0) is 11.2 Å². The molecule has 0 aliphatic carbocycles. The van der Waals surface area contributed by atoms with Gasteiger partial charge in [-0.2, -0.15) is 0 Å². The van der Waals surface area contributed by atoms with Gasteiger partial charge in [0.25, 0.3) is 0 Å². The number of aryl methyl sites for hydroxylation is 1. The number of benzene rings is 3. The van der Waals surface area contributed by atoms with Crippen LogP contribution in [0.1, 0.15) is 47.2 Å². The molecule has 1 amide bonds. The molecule has 40 heavy (non-hydrogen) atoms. The zero-order chi connectivity index (χ0) is 28.6. The molecule has 0 atom stereocenters. The molecule has 1 fully saturated rings. The van der Waals surface area contributed by atoms with Crippen LogP contribution in [0.5, 0.6) is 11.5 Å². The van der Waals surface area contributed by atoms with Crippen molar-refractivity contribution in [3.8, 4) is 11.5 Å². The first-order valence-electron chi connectivity index (χ1n) is 13.5.